The third kappa shape index (κ3) is 4.97. The molecule has 2 aromatic carbocycles. The lowest BCUT2D eigenvalue weighted by Gasteiger charge is -2.16. The van der Waals surface area contributed by atoms with Crippen LogP contribution in [-0.4, -0.2) is 30.2 Å². The van der Waals surface area contributed by atoms with E-state index in [0.717, 1.165) is 17.7 Å². The minimum absolute atomic E-state index is 0.104. The molecule has 3 rings (SSSR count). The molecule has 1 unspecified atom stereocenters. The fourth-order valence-corrected chi connectivity index (χ4v) is 2.89. The molecule has 0 fully saturated rings. The summed E-state index contributed by atoms with van der Waals surface area (Å²) in [4.78, 5) is 23.7. The van der Waals surface area contributed by atoms with Gasteiger partial charge in [0.2, 0.25) is 5.91 Å². The zero-order valence-corrected chi connectivity index (χ0v) is 14.6. The summed E-state index contributed by atoms with van der Waals surface area (Å²) < 4.78 is 23.8. The van der Waals surface area contributed by atoms with Crippen LogP contribution in [0.3, 0.4) is 0 Å². The number of carboxylic acids is 1. The van der Waals surface area contributed by atoms with Crippen molar-refractivity contribution in [2.24, 2.45) is 0 Å². The van der Waals surface area contributed by atoms with Crippen LogP contribution in [0.2, 0.25) is 0 Å². The van der Waals surface area contributed by atoms with Crippen LogP contribution in [0.4, 0.5) is 4.39 Å². The molecular formula is C20H20FNO5. The van der Waals surface area contributed by atoms with Crippen LogP contribution in [0.5, 0.6) is 11.5 Å². The second-order valence-corrected chi connectivity index (χ2v) is 6.21. The zero-order chi connectivity index (χ0) is 19.2. The minimum atomic E-state index is -1.13. The molecule has 0 bridgehead atoms. The van der Waals surface area contributed by atoms with Gasteiger partial charge in [0.05, 0.1) is 13.2 Å². The van der Waals surface area contributed by atoms with E-state index in [9.17, 15) is 19.1 Å². The van der Waals surface area contributed by atoms with Gasteiger partial charge in [0.15, 0.2) is 6.04 Å². The number of aliphatic carboxylic acids is 1. The molecule has 0 radical (unpaired) electrons. The number of amides is 1. The van der Waals surface area contributed by atoms with Crippen LogP contribution < -0.4 is 14.8 Å². The number of carbonyl (C=O) groups excluding carboxylic acids is 1. The molecule has 0 aliphatic carbocycles. The maximum Gasteiger partial charge on any atom is 0.330 e. The first-order valence-corrected chi connectivity index (χ1v) is 8.69. The summed E-state index contributed by atoms with van der Waals surface area (Å²) in [6.07, 6.45) is 1.21. The molecule has 7 heteroatoms. The van der Waals surface area contributed by atoms with Crippen LogP contribution in [0, 0.1) is 5.82 Å². The molecule has 0 spiro atoms. The second kappa shape index (κ2) is 8.53. The van der Waals surface area contributed by atoms with Crippen molar-refractivity contribution in [3.8, 4) is 11.5 Å². The van der Waals surface area contributed by atoms with Gasteiger partial charge in [-0.15, -0.1) is 0 Å². The molecule has 0 saturated heterocycles. The van der Waals surface area contributed by atoms with Crippen molar-refractivity contribution < 1.29 is 28.6 Å². The highest BCUT2D eigenvalue weighted by molar-refractivity contribution is 5.84. The van der Waals surface area contributed by atoms with Gasteiger partial charge in [-0.2, -0.15) is 0 Å². The first-order chi connectivity index (χ1) is 13.0. The number of hydrogen-bond acceptors (Lipinski definition) is 4. The summed E-state index contributed by atoms with van der Waals surface area (Å²) >= 11 is 0. The quantitative estimate of drug-likeness (QED) is 0.695. The highest BCUT2D eigenvalue weighted by Gasteiger charge is 2.24. The molecule has 1 amide bonds. The predicted molar refractivity (Wildman–Crippen MR) is 95.3 cm³/mol. The highest BCUT2D eigenvalue weighted by Crippen LogP contribution is 2.28. The van der Waals surface area contributed by atoms with E-state index < -0.39 is 17.8 Å². The van der Waals surface area contributed by atoms with Crippen LogP contribution in [-0.2, 0) is 16.0 Å². The third-order valence-electron chi connectivity index (χ3n) is 4.21. The monoisotopic (exact) mass is 373 g/mol. The fourth-order valence-electron chi connectivity index (χ4n) is 2.89. The first-order valence-electron chi connectivity index (χ1n) is 8.69. The SMILES string of the molecule is O=C(CCCOc1cccc(F)c1)NC(C(=O)O)c1ccc2c(c1)CCO2. The van der Waals surface area contributed by atoms with Crippen LogP contribution in [0.15, 0.2) is 42.5 Å². The summed E-state index contributed by atoms with van der Waals surface area (Å²) in [5.74, 6) is -0.766. The van der Waals surface area contributed by atoms with E-state index in [1.54, 1.807) is 24.3 Å². The summed E-state index contributed by atoms with van der Waals surface area (Å²) in [6, 6.07) is 9.76. The van der Waals surface area contributed by atoms with E-state index in [0.29, 0.717) is 24.3 Å². The largest absolute Gasteiger partial charge is 0.493 e. The van der Waals surface area contributed by atoms with Gasteiger partial charge < -0.3 is 19.9 Å². The lowest BCUT2D eigenvalue weighted by molar-refractivity contribution is -0.142. The van der Waals surface area contributed by atoms with Crippen molar-refractivity contribution in [3.05, 3.63) is 59.4 Å². The molecule has 1 atom stereocenters. The smallest absolute Gasteiger partial charge is 0.330 e. The van der Waals surface area contributed by atoms with E-state index in [1.165, 1.54) is 18.2 Å². The highest BCUT2D eigenvalue weighted by atomic mass is 19.1. The number of hydrogen-bond donors (Lipinski definition) is 2. The van der Waals surface area contributed by atoms with Crippen molar-refractivity contribution in [3.63, 3.8) is 0 Å². The standard InChI is InChI=1S/C20H20FNO5/c21-15-3-1-4-16(12-15)26-9-2-5-18(23)22-19(20(24)25)14-6-7-17-13(11-14)8-10-27-17/h1,3-4,6-7,11-12,19H,2,5,8-10H2,(H,22,23)(H,24,25). The van der Waals surface area contributed by atoms with Crippen molar-refractivity contribution >= 4 is 11.9 Å². The number of carboxylic acid groups (broad SMARTS) is 1. The van der Waals surface area contributed by atoms with Crippen LogP contribution >= 0.6 is 0 Å². The normalized spacial score (nSPS) is 13.4. The number of carbonyl (C=O) groups is 2. The second-order valence-electron chi connectivity index (χ2n) is 6.21. The van der Waals surface area contributed by atoms with E-state index in [4.69, 9.17) is 9.47 Å². The Morgan fingerprint density at radius 3 is 2.89 bits per heavy atom. The Kier molecular flexibility index (Phi) is 5.90. The third-order valence-corrected chi connectivity index (χ3v) is 4.21. The Balaban J connectivity index is 1.51. The van der Waals surface area contributed by atoms with Gasteiger partial charge >= 0.3 is 5.97 Å². The topological polar surface area (TPSA) is 84.9 Å². The van der Waals surface area contributed by atoms with E-state index in [-0.39, 0.29) is 18.9 Å². The lowest BCUT2D eigenvalue weighted by atomic mass is 10.0. The van der Waals surface area contributed by atoms with Gasteiger partial charge in [-0.1, -0.05) is 12.1 Å². The van der Waals surface area contributed by atoms with E-state index in [1.807, 2.05) is 0 Å². The number of halogens is 1. The minimum Gasteiger partial charge on any atom is -0.493 e. The van der Waals surface area contributed by atoms with Gasteiger partial charge in [-0.05, 0) is 41.8 Å². The molecule has 0 aromatic heterocycles. The predicted octanol–water partition coefficient (Wildman–Crippen LogP) is 2.86. The molecular weight excluding hydrogens is 353 g/mol. The maximum atomic E-state index is 13.1. The fraction of sp³-hybridized carbons (Fsp3) is 0.300. The summed E-state index contributed by atoms with van der Waals surface area (Å²) in [6.45, 7) is 0.805. The van der Waals surface area contributed by atoms with Gasteiger partial charge in [0, 0.05) is 18.9 Å². The van der Waals surface area contributed by atoms with Gasteiger partial charge in [-0.25, -0.2) is 9.18 Å². The van der Waals surface area contributed by atoms with Crippen molar-refractivity contribution in [1.29, 1.82) is 0 Å². The molecule has 142 valence electrons. The van der Waals surface area contributed by atoms with E-state index >= 15 is 0 Å². The number of nitrogens with one attached hydrogen (secondary N) is 1. The van der Waals surface area contributed by atoms with Crippen molar-refractivity contribution in [2.75, 3.05) is 13.2 Å². The summed E-state index contributed by atoms with van der Waals surface area (Å²) in [7, 11) is 0. The number of fused-ring (bicyclic) bond motifs is 1. The lowest BCUT2D eigenvalue weighted by Crippen LogP contribution is -2.33. The average Bonchev–Trinajstić information content (AvgIpc) is 3.11. The van der Waals surface area contributed by atoms with Gasteiger partial charge in [0.25, 0.3) is 0 Å². The number of rotatable bonds is 8. The average molecular weight is 373 g/mol. The molecule has 1 aliphatic heterocycles. The Hall–Kier alpha value is -3.09. The molecule has 1 aliphatic rings. The molecule has 6 nitrogen and oxygen atoms in total. The van der Waals surface area contributed by atoms with Crippen molar-refractivity contribution in [2.45, 2.75) is 25.3 Å². The Morgan fingerprint density at radius 1 is 1.26 bits per heavy atom. The molecule has 2 N–H and O–H groups in total. The van der Waals surface area contributed by atoms with Crippen LogP contribution in [0.1, 0.15) is 30.0 Å². The van der Waals surface area contributed by atoms with Gasteiger partial charge in [0.1, 0.15) is 17.3 Å². The summed E-state index contributed by atoms with van der Waals surface area (Å²) in [5.41, 5.74) is 1.45. The number of ether oxygens (including phenoxy) is 2. The van der Waals surface area contributed by atoms with Crippen LogP contribution in [0.25, 0.3) is 0 Å². The molecule has 27 heavy (non-hydrogen) atoms. The Morgan fingerprint density at radius 2 is 2.11 bits per heavy atom. The van der Waals surface area contributed by atoms with Crippen molar-refractivity contribution in [1.82, 2.24) is 5.32 Å². The molecule has 1 heterocycles. The maximum absolute atomic E-state index is 13.1. The zero-order valence-electron chi connectivity index (χ0n) is 14.6. The summed E-state index contributed by atoms with van der Waals surface area (Å²) in [5, 5.41) is 12.0. The Bertz CT molecular complexity index is 839. The number of benzene rings is 2. The molecule has 2 aromatic rings. The first kappa shape index (κ1) is 18.7. The van der Waals surface area contributed by atoms with Gasteiger partial charge in [-0.3, -0.25) is 4.79 Å². The van der Waals surface area contributed by atoms with E-state index in [2.05, 4.69) is 5.32 Å². The Labute approximate surface area is 155 Å². The molecule has 0 saturated carbocycles.